The van der Waals surface area contributed by atoms with Crippen molar-refractivity contribution in [1.82, 2.24) is 20.4 Å². The average Bonchev–Trinajstić information content (AvgIpc) is 3.37. The molecule has 0 bridgehead atoms. The lowest BCUT2D eigenvalue weighted by molar-refractivity contribution is -0.142. The van der Waals surface area contributed by atoms with Gasteiger partial charge >= 0.3 is 18.2 Å². The second kappa shape index (κ2) is 15.5. The number of carbonyl (C=O) groups is 3. The van der Waals surface area contributed by atoms with Gasteiger partial charge in [-0.15, -0.1) is 0 Å². The number of ether oxygens (including phenoxy) is 2. The van der Waals surface area contributed by atoms with Crippen LogP contribution in [0.25, 0.3) is 0 Å². The molecule has 212 valence electrons. The summed E-state index contributed by atoms with van der Waals surface area (Å²) in [7, 11) is 3.61. The van der Waals surface area contributed by atoms with Gasteiger partial charge in [-0.05, 0) is 81.0 Å². The molecule has 2 aliphatic rings. The summed E-state index contributed by atoms with van der Waals surface area (Å²) in [4.78, 5) is 37.6. The molecule has 2 fully saturated rings. The fourth-order valence-electron chi connectivity index (χ4n) is 3.64. The second-order valence-electron chi connectivity index (χ2n) is 10.8. The molecule has 2 amide bonds. The quantitative estimate of drug-likeness (QED) is 0.423. The number of thioether (sulfide) groups is 1. The van der Waals surface area contributed by atoms with Gasteiger partial charge in [0, 0.05) is 25.2 Å². The number of rotatable bonds is 4. The number of aliphatic hydroxyl groups is 1. The molecule has 0 radical (unpaired) electrons. The van der Waals surface area contributed by atoms with Crippen LogP contribution in [-0.2, 0) is 14.3 Å². The third kappa shape index (κ3) is 12.5. The van der Waals surface area contributed by atoms with E-state index in [2.05, 4.69) is 10.6 Å². The molecule has 2 rings (SSSR count). The number of carboxylic acid groups (broad SMARTS) is 1. The van der Waals surface area contributed by atoms with Crippen molar-refractivity contribution in [3.8, 4) is 0 Å². The minimum Gasteiger partial charge on any atom is -0.480 e. The number of hydrogen-bond donors (Lipinski definition) is 4. The van der Waals surface area contributed by atoms with Gasteiger partial charge in [0.15, 0.2) is 0 Å². The van der Waals surface area contributed by atoms with Gasteiger partial charge in [-0.1, -0.05) is 0 Å². The van der Waals surface area contributed by atoms with E-state index >= 15 is 0 Å². The summed E-state index contributed by atoms with van der Waals surface area (Å²) in [6, 6.07) is -0.692. The fourth-order valence-corrected chi connectivity index (χ4v) is 3.64. The highest BCUT2D eigenvalue weighted by atomic mass is 32.2. The first kappa shape index (κ1) is 34.2. The van der Waals surface area contributed by atoms with E-state index in [0.717, 1.165) is 6.42 Å². The van der Waals surface area contributed by atoms with Crippen LogP contribution < -0.4 is 10.6 Å². The van der Waals surface area contributed by atoms with Crippen molar-refractivity contribution in [2.24, 2.45) is 0 Å². The van der Waals surface area contributed by atoms with Crippen molar-refractivity contribution in [3.05, 3.63) is 0 Å². The normalized spacial score (nSPS) is 23.8. The van der Waals surface area contributed by atoms with E-state index in [0.29, 0.717) is 19.5 Å². The Morgan fingerprint density at radius 2 is 1.25 bits per heavy atom. The van der Waals surface area contributed by atoms with Crippen molar-refractivity contribution in [1.29, 1.82) is 0 Å². The van der Waals surface area contributed by atoms with Gasteiger partial charge in [0.25, 0.3) is 0 Å². The highest BCUT2D eigenvalue weighted by molar-refractivity contribution is 7.97. The highest BCUT2D eigenvalue weighted by Crippen LogP contribution is 2.22. The molecule has 0 aromatic rings. The van der Waals surface area contributed by atoms with Crippen LogP contribution in [0, 0.1) is 0 Å². The van der Waals surface area contributed by atoms with E-state index in [1.54, 1.807) is 44.5 Å². The first-order chi connectivity index (χ1) is 16.5. The number of aliphatic hydroxyl groups excluding tert-OH is 1. The van der Waals surface area contributed by atoms with Crippen molar-refractivity contribution >= 4 is 29.9 Å². The fraction of sp³-hybridized carbons (Fsp3) is 0.875. The Morgan fingerprint density at radius 1 is 0.861 bits per heavy atom. The largest absolute Gasteiger partial charge is 0.480 e. The molecule has 4 atom stereocenters. The molecule has 12 heteroatoms. The van der Waals surface area contributed by atoms with Crippen molar-refractivity contribution in [3.63, 3.8) is 0 Å². The maximum Gasteiger partial charge on any atom is 0.411 e. The number of carboxylic acids is 1. The lowest BCUT2D eigenvalue weighted by Gasteiger charge is -2.27. The number of nitrogens with zero attached hydrogens (tertiary/aromatic N) is 2. The van der Waals surface area contributed by atoms with E-state index in [4.69, 9.17) is 14.6 Å². The van der Waals surface area contributed by atoms with Gasteiger partial charge in [0.2, 0.25) is 0 Å². The number of aliphatic carboxylic acids is 1. The van der Waals surface area contributed by atoms with E-state index < -0.39 is 29.3 Å². The summed E-state index contributed by atoms with van der Waals surface area (Å²) < 4.78 is 10.5. The van der Waals surface area contributed by atoms with Crippen LogP contribution in [0.1, 0.15) is 54.4 Å². The number of likely N-dealkylation sites (tertiary alicyclic amines) is 2. The molecule has 0 aliphatic carbocycles. The van der Waals surface area contributed by atoms with Gasteiger partial charge in [0.05, 0.1) is 12.6 Å². The van der Waals surface area contributed by atoms with Crippen LogP contribution in [0.15, 0.2) is 0 Å². The van der Waals surface area contributed by atoms with Crippen molar-refractivity contribution < 1.29 is 34.1 Å². The number of amides is 2. The Balaban J connectivity index is 0.000000614. The Labute approximate surface area is 220 Å². The van der Waals surface area contributed by atoms with Crippen LogP contribution in [0.3, 0.4) is 0 Å². The maximum absolute atomic E-state index is 11.9. The Morgan fingerprint density at radius 3 is 1.61 bits per heavy atom. The Hall–Kier alpha value is -1.76. The molecule has 36 heavy (non-hydrogen) atoms. The average molecular weight is 537 g/mol. The summed E-state index contributed by atoms with van der Waals surface area (Å²) >= 11 is 1.75. The number of likely N-dealkylation sites (N-methyl/N-ethyl adjacent to an activating group) is 2. The molecule has 2 aliphatic heterocycles. The molecular formula is C24H48N4O7S. The smallest absolute Gasteiger partial charge is 0.411 e. The predicted octanol–water partition coefficient (Wildman–Crippen LogP) is 2.22. The minimum atomic E-state index is -0.992. The first-order valence-corrected chi connectivity index (χ1v) is 13.7. The summed E-state index contributed by atoms with van der Waals surface area (Å²) in [6.07, 6.45) is 4.35. The zero-order chi connectivity index (χ0) is 28.3. The second-order valence-corrected chi connectivity index (χ2v) is 11.6. The first-order valence-electron chi connectivity index (χ1n) is 12.1. The van der Waals surface area contributed by atoms with Gasteiger partial charge < -0.3 is 35.2 Å². The number of carbonyl (C=O) groups excluding carboxylic acids is 2. The minimum absolute atomic E-state index is 0.00335. The lowest BCUT2D eigenvalue weighted by Crippen LogP contribution is -2.43. The van der Waals surface area contributed by atoms with Crippen LogP contribution in [-0.4, -0.2) is 120 Å². The lowest BCUT2D eigenvalue weighted by atomic mass is 10.2. The molecule has 2 heterocycles. The standard InChI is InChI=1S/C11H20N2O4.C11H22N2O3.C2H6S/c1-11(2,3)17-10(16)13-6-7(12-4)5-8(13)9(14)15;1-11(2,3)16-10(15)13-6-8(12-4)5-9(13)7-14;1-3-2/h7-8,12H,5-6H2,1-4H3,(H,14,15);8-9,12,14H,5-7H2,1-4H3;1-2H3/t7-,8-;8-,9-;/m00./s1. The summed E-state index contributed by atoms with van der Waals surface area (Å²) in [5.41, 5.74) is -1.10. The predicted molar refractivity (Wildman–Crippen MR) is 143 cm³/mol. The molecule has 2 saturated heterocycles. The van der Waals surface area contributed by atoms with E-state index in [9.17, 15) is 19.5 Å². The summed E-state index contributed by atoms with van der Waals surface area (Å²) in [5, 5.41) is 24.4. The van der Waals surface area contributed by atoms with E-state index in [1.807, 2.05) is 40.3 Å². The molecule has 0 unspecified atom stereocenters. The molecule has 0 aromatic carbocycles. The van der Waals surface area contributed by atoms with Crippen LogP contribution >= 0.6 is 11.8 Å². The maximum atomic E-state index is 11.9. The number of hydrogen-bond acceptors (Lipinski definition) is 9. The Kier molecular flexibility index (Phi) is 14.7. The van der Waals surface area contributed by atoms with Crippen LogP contribution in [0.4, 0.5) is 9.59 Å². The van der Waals surface area contributed by atoms with E-state index in [-0.39, 0.29) is 30.8 Å². The SMILES string of the molecule is CN[C@H]1C[C@@H](C(=O)O)N(C(=O)OC(C)(C)C)C1.CN[C@H]1C[C@@H](CO)N(C(=O)OC(C)(C)C)C1.CSC. The summed E-state index contributed by atoms with van der Waals surface area (Å²) in [5.74, 6) is -0.992. The van der Waals surface area contributed by atoms with Crippen LogP contribution in [0.5, 0.6) is 0 Å². The molecule has 11 nitrogen and oxygen atoms in total. The van der Waals surface area contributed by atoms with Gasteiger partial charge in [-0.25, -0.2) is 14.4 Å². The molecule has 0 aromatic heterocycles. The molecule has 4 N–H and O–H groups in total. The third-order valence-electron chi connectivity index (χ3n) is 5.28. The summed E-state index contributed by atoms with van der Waals surface area (Å²) in [6.45, 7) is 11.7. The van der Waals surface area contributed by atoms with Gasteiger partial charge in [-0.2, -0.15) is 11.8 Å². The molecular weight excluding hydrogens is 488 g/mol. The zero-order valence-electron chi connectivity index (χ0n) is 23.6. The van der Waals surface area contributed by atoms with Gasteiger partial charge in [-0.3, -0.25) is 4.90 Å². The monoisotopic (exact) mass is 536 g/mol. The van der Waals surface area contributed by atoms with Crippen molar-refractivity contribution in [2.75, 3.05) is 46.3 Å². The van der Waals surface area contributed by atoms with Crippen LogP contribution in [0.2, 0.25) is 0 Å². The van der Waals surface area contributed by atoms with Crippen molar-refractivity contribution in [2.45, 2.75) is 89.8 Å². The molecule has 0 saturated carbocycles. The Bertz CT molecular complexity index is 697. The van der Waals surface area contributed by atoms with E-state index in [1.165, 1.54) is 4.90 Å². The highest BCUT2D eigenvalue weighted by Gasteiger charge is 2.41. The third-order valence-corrected chi connectivity index (χ3v) is 5.28. The number of nitrogens with one attached hydrogen (secondary N) is 2. The molecule has 0 spiro atoms. The van der Waals surface area contributed by atoms with Gasteiger partial charge in [0.1, 0.15) is 17.2 Å². The zero-order valence-corrected chi connectivity index (χ0v) is 24.4. The topological polar surface area (TPSA) is 141 Å².